The van der Waals surface area contributed by atoms with E-state index in [-0.39, 0.29) is 18.3 Å². The summed E-state index contributed by atoms with van der Waals surface area (Å²) in [4.78, 5) is 31.6. The Labute approximate surface area is 218 Å². The van der Waals surface area contributed by atoms with E-state index in [1.807, 2.05) is 18.2 Å². The number of ether oxygens (including phenoxy) is 1. The van der Waals surface area contributed by atoms with Gasteiger partial charge in [0.05, 0.1) is 23.3 Å². The van der Waals surface area contributed by atoms with E-state index in [0.29, 0.717) is 27.6 Å². The summed E-state index contributed by atoms with van der Waals surface area (Å²) in [5.41, 5.74) is 3.39. The Balaban J connectivity index is 1.39. The van der Waals surface area contributed by atoms with Crippen molar-refractivity contribution in [2.24, 2.45) is 4.99 Å². The number of esters is 1. The van der Waals surface area contributed by atoms with E-state index in [0.717, 1.165) is 36.5 Å². The molecule has 3 heterocycles. The zero-order chi connectivity index (χ0) is 25.8. The molecule has 0 aliphatic carbocycles. The van der Waals surface area contributed by atoms with E-state index in [1.54, 1.807) is 37.4 Å². The van der Waals surface area contributed by atoms with Crippen LogP contribution in [0.2, 0.25) is 0 Å². The molecule has 0 spiro atoms. The van der Waals surface area contributed by atoms with Crippen LogP contribution in [0.15, 0.2) is 76.1 Å². The van der Waals surface area contributed by atoms with Gasteiger partial charge in [0, 0.05) is 42.2 Å². The average molecular weight is 516 g/mol. The Morgan fingerprint density at radius 1 is 1.19 bits per heavy atom. The number of thiophene rings is 1. The van der Waals surface area contributed by atoms with E-state index < -0.39 is 4.92 Å². The summed E-state index contributed by atoms with van der Waals surface area (Å²) >= 11 is 1.50. The van der Waals surface area contributed by atoms with Crippen LogP contribution in [0.5, 0.6) is 0 Å². The number of furan rings is 1. The summed E-state index contributed by atoms with van der Waals surface area (Å²) in [5.74, 6) is 0.617. The molecule has 0 unspecified atom stereocenters. The lowest BCUT2D eigenvalue weighted by atomic mass is 10.0. The second-order valence-electron chi connectivity index (χ2n) is 8.62. The quantitative estimate of drug-likeness (QED) is 0.117. The number of nitro benzene ring substituents is 1. The van der Waals surface area contributed by atoms with Gasteiger partial charge in [-0.2, -0.15) is 0 Å². The number of benzene rings is 2. The van der Waals surface area contributed by atoms with E-state index in [4.69, 9.17) is 9.15 Å². The molecule has 0 radical (unpaired) electrons. The van der Waals surface area contributed by atoms with Crippen LogP contribution in [0, 0.1) is 10.1 Å². The molecular weight excluding hydrogens is 490 g/mol. The highest BCUT2D eigenvalue weighted by molar-refractivity contribution is 7.16. The number of hydrogen-bond acceptors (Lipinski definition) is 8. The van der Waals surface area contributed by atoms with Crippen LogP contribution in [0.3, 0.4) is 0 Å². The minimum absolute atomic E-state index is 0.00586. The lowest BCUT2D eigenvalue weighted by molar-refractivity contribution is -0.384. The van der Waals surface area contributed by atoms with Crippen molar-refractivity contribution >= 4 is 34.2 Å². The first-order chi connectivity index (χ1) is 18.0. The zero-order valence-electron chi connectivity index (χ0n) is 20.3. The molecule has 4 aromatic rings. The van der Waals surface area contributed by atoms with Crippen molar-refractivity contribution in [3.05, 3.63) is 104 Å². The SMILES string of the molecule is CCOC(=O)c1c(N=Cc2ccc(-c3cccc([N+](=O)[O-])c3)o2)sc2c1CCN(Cc1ccccc1)C2. The molecule has 37 heavy (non-hydrogen) atoms. The molecule has 8 nitrogen and oxygen atoms in total. The van der Waals surface area contributed by atoms with Gasteiger partial charge in [-0.05, 0) is 36.6 Å². The summed E-state index contributed by atoms with van der Waals surface area (Å²) in [5, 5.41) is 11.7. The van der Waals surface area contributed by atoms with Crippen molar-refractivity contribution in [3.8, 4) is 11.3 Å². The van der Waals surface area contributed by atoms with Crippen LogP contribution in [0.4, 0.5) is 10.7 Å². The molecule has 0 saturated carbocycles. The van der Waals surface area contributed by atoms with E-state index in [1.165, 1.54) is 29.0 Å². The van der Waals surface area contributed by atoms with Gasteiger partial charge in [-0.15, -0.1) is 11.3 Å². The fourth-order valence-electron chi connectivity index (χ4n) is 4.40. The summed E-state index contributed by atoms with van der Waals surface area (Å²) in [7, 11) is 0. The summed E-state index contributed by atoms with van der Waals surface area (Å²) in [6.45, 7) is 4.52. The minimum atomic E-state index is -0.439. The number of hydrogen-bond donors (Lipinski definition) is 0. The van der Waals surface area contributed by atoms with Crippen LogP contribution in [0.25, 0.3) is 11.3 Å². The Bertz CT molecular complexity index is 1460. The molecule has 0 atom stereocenters. The van der Waals surface area contributed by atoms with Gasteiger partial charge in [-0.25, -0.2) is 9.79 Å². The molecule has 1 aliphatic heterocycles. The Morgan fingerprint density at radius 3 is 2.81 bits per heavy atom. The molecule has 2 aromatic heterocycles. The molecule has 1 aliphatic rings. The monoisotopic (exact) mass is 515 g/mol. The number of carbonyl (C=O) groups excluding carboxylic acids is 1. The second kappa shape index (κ2) is 10.9. The van der Waals surface area contributed by atoms with Gasteiger partial charge in [-0.1, -0.05) is 42.5 Å². The smallest absolute Gasteiger partial charge is 0.341 e. The van der Waals surface area contributed by atoms with Crippen LogP contribution < -0.4 is 0 Å². The fraction of sp³-hybridized carbons (Fsp3) is 0.214. The second-order valence-corrected chi connectivity index (χ2v) is 9.70. The van der Waals surface area contributed by atoms with Crippen LogP contribution in [-0.4, -0.2) is 35.2 Å². The summed E-state index contributed by atoms with van der Waals surface area (Å²) < 4.78 is 11.2. The first-order valence-corrected chi connectivity index (χ1v) is 12.8. The number of rotatable bonds is 8. The topological polar surface area (TPSA) is 98.2 Å². The molecule has 2 aromatic carbocycles. The lowest BCUT2D eigenvalue weighted by Crippen LogP contribution is -2.29. The third-order valence-corrected chi connectivity index (χ3v) is 7.25. The number of nitrogens with zero attached hydrogens (tertiary/aromatic N) is 3. The zero-order valence-corrected chi connectivity index (χ0v) is 21.1. The molecular formula is C28H25N3O5S. The van der Waals surface area contributed by atoms with Gasteiger partial charge in [0.2, 0.25) is 0 Å². The minimum Gasteiger partial charge on any atom is -0.462 e. The molecule has 9 heteroatoms. The van der Waals surface area contributed by atoms with E-state index in [2.05, 4.69) is 22.0 Å². The highest BCUT2D eigenvalue weighted by Crippen LogP contribution is 2.40. The standard InChI is InChI=1S/C28H25N3O5S/c1-2-35-28(32)26-23-13-14-30(17-19-7-4-3-5-8-19)18-25(23)37-27(26)29-16-22-11-12-24(36-22)20-9-6-10-21(15-20)31(33)34/h3-12,15-16H,2,13-14,17-18H2,1H3. The van der Waals surface area contributed by atoms with Crippen molar-refractivity contribution < 1.29 is 18.9 Å². The molecule has 0 N–H and O–H groups in total. The van der Waals surface area contributed by atoms with Gasteiger partial charge in [0.1, 0.15) is 16.5 Å². The van der Waals surface area contributed by atoms with E-state index >= 15 is 0 Å². The predicted octanol–water partition coefficient (Wildman–Crippen LogP) is 6.40. The van der Waals surface area contributed by atoms with Gasteiger partial charge >= 0.3 is 5.97 Å². The third-order valence-electron chi connectivity index (χ3n) is 6.12. The largest absolute Gasteiger partial charge is 0.462 e. The number of nitro groups is 1. The van der Waals surface area contributed by atoms with Crippen molar-refractivity contribution in [3.63, 3.8) is 0 Å². The first-order valence-electron chi connectivity index (χ1n) is 12.0. The number of aliphatic imine (C=N–C) groups is 1. The van der Waals surface area contributed by atoms with Gasteiger partial charge in [-0.3, -0.25) is 15.0 Å². The van der Waals surface area contributed by atoms with E-state index in [9.17, 15) is 14.9 Å². The van der Waals surface area contributed by atoms with Crippen molar-refractivity contribution in [2.75, 3.05) is 13.2 Å². The maximum atomic E-state index is 12.9. The van der Waals surface area contributed by atoms with Gasteiger partial charge < -0.3 is 9.15 Å². The molecule has 0 amide bonds. The molecule has 0 saturated heterocycles. The third kappa shape index (κ3) is 5.52. The number of non-ortho nitro benzene ring substituents is 1. The van der Waals surface area contributed by atoms with Crippen LogP contribution in [-0.2, 0) is 24.2 Å². The van der Waals surface area contributed by atoms with Gasteiger partial charge in [0.25, 0.3) is 5.69 Å². The molecule has 0 fully saturated rings. The molecule has 5 rings (SSSR count). The number of fused-ring (bicyclic) bond motifs is 1. The van der Waals surface area contributed by atoms with Crippen molar-refractivity contribution in [1.29, 1.82) is 0 Å². The summed E-state index contributed by atoms with van der Waals surface area (Å²) in [6, 6.07) is 20.1. The maximum Gasteiger partial charge on any atom is 0.341 e. The normalized spacial score (nSPS) is 13.5. The highest BCUT2D eigenvalue weighted by Gasteiger charge is 2.28. The summed E-state index contributed by atoms with van der Waals surface area (Å²) in [6.07, 6.45) is 2.32. The average Bonchev–Trinajstić information content (AvgIpc) is 3.52. The molecule has 188 valence electrons. The Kier molecular flexibility index (Phi) is 7.25. The number of carbonyl (C=O) groups is 1. The first kappa shape index (κ1) is 24.6. The highest BCUT2D eigenvalue weighted by atomic mass is 32.1. The molecule has 0 bridgehead atoms. The fourth-order valence-corrected chi connectivity index (χ4v) is 5.62. The Hall–Kier alpha value is -4.08. The Morgan fingerprint density at radius 2 is 2.03 bits per heavy atom. The lowest BCUT2D eigenvalue weighted by Gasteiger charge is -2.27. The van der Waals surface area contributed by atoms with Gasteiger partial charge in [0.15, 0.2) is 0 Å². The van der Waals surface area contributed by atoms with Crippen molar-refractivity contribution in [2.45, 2.75) is 26.4 Å². The maximum absolute atomic E-state index is 12.9. The predicted molar refractivity (Wildman–Crippen MR) is 143 cm³/mol. The van der Waals surface area contributed by atoms with Crippen LogP contribution in [0.1, 0.15) is 39.0 Å². The van der Waals surface area contributed by atoms with Crippen molar-refractivity contribution in [1.82, 2.24) is 4.90 Å². The van der Waals surface area contributed by atoms with Crippen LogP contribution >= 0.6 is 11.3 Å².